The molecule has 1 rings (SSSR count). The molecule has 0 heterocycles. The third-order valence-electron chi connectivity index (χ3n) is 2.66. The maximum atomic E-state index is 13.5. The summed E-state index contributed by atoms with van der Waals surface area (Å²) in [6, 6.07) is 2.91. The average molecular weight is 316 g/mol. The van der Waals surface area contributed by atoms with Crippen LogP contribution in [0.5, 0.6) is 5.75 Å². The van der Waals surface area contributed by atoms with Crippen molar-refractivity contribution in [3.05, 3.63) is 29.6 Å². The van der Waals surface area contributed by atoms with Gasteiger partial charge in [-0.05, 0) is 36.5 Å². The van der Waals surface area contributed by atoms with Gasteiger partial charge >= 0.3 is 6.36 Å². The van der Waals surface area contributed by atoms with Crippen molar-refractivity contribution in [3.63, 3.8) is 0 Å². The average Bonchev–Trinajstić information content (AvgIpc) is 2.27. The Morgan fingerprint density at radius 2 is 1.80 bits per heavy atom. The van der Waals surface area contributed by atoms with Crippen LogP contribution < -0.4 is 10.5 Å². The van der Waals surface area contributed by atoms with Crippen LogP contribution in [0.15, 0.2) is 18.2 Å². The molecule has 0 radical (unpaired) electrons. The molecule has 116 valence electrons. The molecule has 7 heteroatoms. The highest BCUT2D eigenvalue weighted by molar-refractivity contribution is 5.85. The Labute approximate surface area is 121 Å². The van der Waals surface area contributed by atoms with Crippen molar-refractivity contribution in [2.24, 2.45) is 11.7 Å². The van der Waals surface area contributed by atoms with Crippen LogP contribution in [0.1, 0.15) is 38.3 Å². The van der Waals surface area contributed by atoms with Crippen LogP contribution in [-0.2, 0) is 0 Å². The molecular weight excluding hydrogens is 298 g/mol. The molecule has 1 aromatic rings. The van der Waals surface area contributed by atoms with Gasteiger partial charge in [0.15, 0.2) is 11.6 Å². The summed E-state index contributed by atoms with van der Waals surface area (Å²) in [6.07, 6.45) is -3.39. The lowest BCUT2D eigenvalue weighted by Gasteiger charge is -2.15. The number of benzene rings is 1. The minimum Gasteiger partial charge on any atom is -0.403 e. The third kappa shape index (κ3) is 6.43. The molecule has 0 fully saturated rings. The molecule has 0 bridgehead atoms. The van der Waals surface area contributed by atoms with E-state index in [0.717, 1.165) is 18.6 Å². The van der Waals surface area contributed by atoms with Crippen LogP contribution in [0.3, 0.4) is 0 Å². The summed E-state index contributed by atoms with van der Waals surface area (Å²) in [5.41, 5.74) is 6.33. The summed E-state index contributed by atoms with van der Waals surface area (Å²) in [6.45, 7) is 4.07. The Morgan fingerprint density at radius 1 is 1.20 bits per heavy atom. The minimum absolute atomic E-state index is 0. The number of halogens is 5. The summed E-state index contributed by atoms with van der Waals surface area (Å²) in [4.78, 5) is 0. The molecule has 0 spiro atoms. The van der Waals surface area contributed by atoms with Gasteiger partial charge in [-0.25, -0.2) is 4.39 Å². The van der Waals surface area contributed by atoms with Gasteiger partial charge in [0.2, 0.25) is 0 Å². The maximum absolute atomic E-state index is 13.5. The van der Waals surface area contributed by atoms with Crippen LogP contribution in [0.25, 0.3) is 0 Å². The van der Waals surface area contributed by atoms with Crippen LogP contribution in [0.4, 0.5) is 17.6 Å². The molecule has 0 amide bonds. The predicted octanol–water partition coefficient (Wildman–Crippen LogP) is 4.58. The van der Waals surface area contributed by atoms with Gasteiger partial charge in [0, 0.05) is 6.04 Å². The van der Waals surface area contributed by atoms with Crippen molar-refractivity contribution < 1.29 is 22.3 Å². The van der Waals surface area contributed by atoms with Crippen molar-refractivity contribution in [2.45, 2.75) is 39.1 Å². The Morgan fingerprint density at radius 3 is 2.25 bits per heavy atom. The first kappa shape index (κ1) is 19.0. The number of hydrogen-bond acceptors (Lipinski definition) is 2. The number of alkyl halides is 3. The molecule has 0 aliphatic rings. The fourth-order valence-corrected chi connectivity index (χ4v) is 1.63. The molecule has 0 aliphatic heterocycles. The predicted molar refractivity (Wildman–Crippen MR) is 71.3 cm³/mol. The monoisotopic (exact) mass is 315 g/mol. The van der Waals surface area contributed by atoms with E-state index >= 15 is 0 Å². The Bertz CT molecular complexity index is 423. The second-order valence-corrected chi connectivity index (χ2v) is 4.82. The zero-order valence-electron chi connectivity index (χ0n) is 11.2. The third-order valence-corrected chi connectivity index (χ3v) is 2.66. The van der Waals surface area contributed by atoms with E-state index in [9.17, 15) is 17.6 Å². The van der Waals surface area contributed by atoms with E-state index in [0.29, 0.717) is 17.9 Å². The molecule has 0 saturated heterocycles. The molecule has 1 aromatic carbocycles. The largest absolute Gasteiger partial charge is 0.573 e. The van der Waals surface area contributed by atoms with Crippen molar-refractivity contribution in [3.8, 4) is 5.75 Å². The van der Waals surface area contributed by atoms with Crippen LogP contribution >= 0.6 is 12.4 Å². The highest BCUT2D eigenvalue weighted by Gasteiger charge is 2.32. The van der Waals surface area contributed by atoms with Gasteiger partial charge in [-0.3, -0.25) is 0 Å². The summed E-state index contributed by atoms with van der Waals surface area (Å²) >= 11 is 0. The molecule has 20 heavy (non-hydrogen) atoms. The van der Waals surface area contributed by atoms with E-state index in [2.05, 4.69) is 4.74 Å². The first-order chi connectivity index (χ1) is 8.69. The molecule has 0 aromatic heterocycles. The van der Waals surface area contributed by atoms with Crippen LogP contribution in [0, 0.1) is 11.7 Å². The first-order valence-corrected chi connectivity index (χ1v) is 6.00. The topological polar surface area (TPSA) is 35.2 Å². The number of ether oxygens (including phenoxy) is 1. The van der Waals surface area contributed by atoms with Crippen molar-refractivity contribution in [2.75, 3.05) is 0 Å². The Balaban J connectivity index is 0.00000361. The normalized spacial score (nSPS) is 13.0. The molecule has 2 N–H and O–H groups in total. The van der Waals surface area contributed by atoms with E-state index in [1.54, 1.807) is 0 Å². The van der Waals surface area contributed by atoms with Crippen molar-refractivity contribution in [1.82, 2.24) is 0 Å². The Kier molecular flexibility index (Phi) is 7.30. The summed E-state index contributed by atoms with van der Waals surface area (Å²) in [5, 5.41) is 0. The van der Waals surface area contributed by atoms with Gasteiger partial charge in [-0.15, -0.1) is 25.6 Å². The van der Waals surface area contributed by atoms with Crippen molar-refractivity contribution >= 4 is 12.4 Å². The van der Waals surface area contributed by atoms with Gasteiger partial charge in [-0.2, -0.15) is 0 Å². The Hall–Kier alpha value is -1.01. The lowest BCUT2D eigenvalue weighted by Crippen LogP contribution is -2.18. The molecule has 2 nitrogen and oxygen atoms in total. The second-order valence-electron chi connectivity index (χ2n) is 4.82. The van der Waals surface area contributed by atoms with Crippen LogP contribution in [0.2, 0.25) is 0 Å². The van der Waals surface area contributed by atoms with Gasteiger partial charge in [0.1, 0.15) is 0 Å². The second kappa shape index (κ2) is 7.69. The standard InChI is InChI=1S/C13H17F4NO.ClH/c1-8(2)3-5-11(18)9-4-6-12(10(14)7-9)19-13(15,16)17;/h4,6-8,11H,3,5,18H2,1-2H3;1H/t11-;/m1./s1. The smallest absolute Gasteiger partial charge is 0.403 e. The van der Waals surface area contributed by atoms with Crippen molar-refractivity contribution in [1.29, 1.82) is 0 Å². The lowest BCUT2D eigenvalue weighted by atomic mass is 9.98. The molecular formula is C13H18ClF4NO. The van der Waals surface area contributed by atoms with E-state index in [4.69, 9.17) is 5.73 Å². The zero-order chi connectivity index (χ0) is 14.6. The first-order valence-electron chi connectivity index (χ1n) is 6.00. The fourth-order valence-electron chi connectivity index (χ4n) is 1.63. The van der Waals surface area contributed by atoms with E-state index in [-0.39, 0.29) is 12.4 Å². The van der Waals surface area contributed by atoms with E-state index in [1.807, 2.05) is 13.8 Å². The van der Waals surface area contributed by atoms with Gasteiger partial charge in [-0.1, -0.05) is 19.9 Å². The van der Waals surface area contributed by atoms with E-state index in [1.165, 1.54) is 6.07 Å². The summed E-state index contributed by atoms with van der Waals surface area (Å²) in [5.74, 6) is -1.44. The molecule has 0 aliphatic carbocycles. The molecule has 0 unspecified atom stereocenters. The molecule has 1 atom stereocenters. The summed E-state index contributed by atoms with van der Waals surface area (Å²) in [7, 11) is 0. The highest BCUT2D eigenvalue weighted by Crippen LogP contribution is 2.28. The number of rotatable bonds is 5. The van der Waals surface area contributed by atoms with Gasteiger partial charge in [0.25, 0.3) is 0 Å². The van der Waals surface area contributed by atoms with Gasteiger partial charge < -0.3 is 10.5 Å². The van der Waals surface area contributed by atoms with Crippen LogP contribution in [-0.4, -0.2) is 6.36 Å². The quantitative estimate of drug-likeness (QED) is 0.807. The minimum atomic E-state index is -4.90. The SMILES string of the molecule is CC(C)CC[C@@H](N)c1ccc(OC(F)(F)F)c(F)c1.Cl. The summed E-state index contributed by atoms with van der Waals surface area (Å²) < 4.78 is 52.9. The van der Waals surface area contributed by atoms with E-state index < -0.39 is 24.0 Å². The maximum Gasteiger partial charge on any atom is 0.573 e. The highest BCUT2D eigenvalue weighted by atomic mass is 35.5. The molecule has 0 saturated carbocycles. The lowest BCUT2D eigenvalue weighted by molar-refractivity contribution is -0.275. The number of hydrogen-bond donors (Lipinski definition) is 1. The number of nitrogens with two attached hydrogens (primary N) is 1. The van der Waals surface area contributed by atoms with Gasteiger partial charge in [0.05, 0.1) is 0 Å². The zero-order valence-corrected chi connectivity index (χ0v) is 12.0. The fraction of sp³-hybridized carbons (Fsp3) is 0.538.